The number of amides is 4. The fraction of sp³-hybridized carbons (Fsp3) is 0.455. The number of piperazine rings is 2. The summed E-state index contributed by atoms with van der Waals surface area (Å²) in [6.45, 7) is 2.00. The monoisotopic (exact) mass is 490 g/mol. The lowest BCUT2D eigenvalue weighted by Crippen LogP contribution is -2.63. The van der Waals surface area contributed by atoms with Crippen molar-refractivity contribution >= 4 is 46.7 Å². The molecular weight excluding hydrogens is 464 g/mol. The number of fused-ring (bicyclic) bond motifs is 2. The van der Waals surface area contributed by atoms with Crippen LogP contribution in [0.25, 0.3) is 11.2 Å². The van der Waals surface area contributed by atoms with Crippen LogP contribution < -0.4 is 10.6 Å². The second kappa shape index (κ2) is 11.5. The third-order valence-corrected chi connectivity index (χ3v) is 5.33. The number of carbonyl (C=O) groups is 6. The number of carbonyl (C=O) groups excluding carboxylic acids is 6. The van der Waals surface area contributed by atoms with E-state index >= 15 is 0 Å². The van der Waals surface area contributed by atoms with Crippen LogP contribution in [0.3, 0.4) is 0 Å². The molecule has 35 heavy (non-hydrogen) atoms. The van der Waals surface area contributed by atoms with E-state index in [2.05, 4.69) is 10.6 Å². The number of esters is 2. The van der Waals surface area contributed by atoms with Crippen LogP contribution in [0.5, 0.6) is 0 Å². The van der Waals surface area contributed by atoms with Gasteiger partial charge in [-0.1, -0.05) is 0 Å². The molecular formula is C22H26N4O9. The number of ether oxygens (including phenoxy) is 2. The Kier molecular flexibility index (Phi) is 8.49. The summed E-state index contributed by atoms with van der Waals surface area (Å²) in [7, 11) is 0. The zero-order valence-electron chi connectivity index (χ0n) is 19.3. The predicted molar refractivity (Wildman–Crippen MR) is 118 cm³/mol. The first-order chi connectivity index (χ1) is 16.6. The molecule has 188 valence electrons. The van der Waals surface area contributed by atoms with E-state index in [1.54, 1.807) is 0 Å². The maximum atomic E-state index is 12.1. The van der Waals surface area contributed by atoms with Crippen LogP contribution in [0, 0.1) is 0 Å². The van der Waals surface area contributed by atoms with E-state index in [0.717, 1.165) is 11.2 Å². The van der Waals surface area contributed by atoms with E-state index in [0.29, 0.717) is 0 Å². The first-order valence-electron chi connectivity index (χ1n) is 10.8. The minimum absolute atomic E-state index is 0.111. The maximum Gasteiger partial charge on any atom is 0.302 e. The Balaban J connectivity index is 0.000000410. The molecule has 2 aromatic heterocycles. The highest BCUT2D eigenvalue weighted by Gasteiger charge is 2.38. The number of nitrogens with zero attached hydrogens (tertiary/aromatic N) is 2. The van der Waals surface area contributed by atoms with Crippen molar-refractivity contribution in [3.05, 3.63) is 24.3 Å². The molecule has 0 spiro atoms. The lowest BCUT2D eigenvalue weighted by atomic mass is 10.1. The van der Waals surface area contributed by atoms with Crippen molar-refractivity contribution in [2.24, 2.45) is 0 Å². The lowest BCUT2D eigenvalue weighted by Gasteiger charge is -2.37. The van der Waals surface area contributed by atoms with E-state index in [9.17, 15) is 28.8 Å². The van der Waals surface area contributed by atoms with Gasteiger partial charge >= 0.3 is 11.9 Å². The van der Waals surface area contributed by atoms with Gasteiger partial charge in [0.25, 0.3) is 0 Å². The van der Waals surface area contributed by atoms with Gasteiger partial charge in [-0.05, 0) is 24.3 Å². The fourth-order valence-electron chi connectivity index (χ4n) is 3.63. The predicted octanol–water partition coefficient (Wildman–Crippen LogP) is -1.36. The molecule has 0 saturated carbocycles. The number of hydrogen-bond acceptors (Lipinski definition) is 11. The van der Waals surface area contributed by atoms with Gasteiger partial charge in [0, 0.05) is 26.9 Å². The standard InChI is InChI=1S/C16H22N4O8.C6H4O/c1-9(21)27-7-11-15(25)17-13(23)5-19(11)3-4-20-6-14(24)18-16(26)12(20)8-28-10(2)22;1-2-6-4-3-5(1)7-6/h11-12H,3-8H2,1-2H3,(H,17,23,25)(H,18,24,26);1-4H. The third-order valence-electron chi connectivity index (χ3n) is 5.33. The Morgan fingerprint density at radius 1 is 0.800 bits per heavy atom. The van der Waals surface area contributed by atoms with Gasteiger partial charge in [0.05, 0.1) is 13.1 Å². The van der Waals surface area contributed by atoms with Gasteiger partial charge in [0.1, 0.15) is 36.5 Å². The molecule has 0 aromatic carbocycles. The van der Waals surface area contributed by atoms with Gasteiger partial charge in [0.2, 0.25) is 23.6 Å². The molecule has 4 amide bonds. The van der Waals surface area contributed by atoms with Crippen molar-refractivity contribution in [2.75, 3.05) is 39.4 Å². The maximum absolute atomic E-state index is 12.1. The third kappa shape index (κ3) is 7.32. The molecule has 0 radical (unpaired) electrons. The summed E-state index contributed by atoms with van der Waals surface area (Å²) in [4.78, 5) is 72.6. The number of nitrogens with one attached hydrogen (secondary N) is 2. The molecule has 13 nitrogen and oxygen atoms in total. The second-order valence-electron chi connectivity index (χ2n) is 7.98. The highest BCUT2D eigenvalue weighted by atomic mass is 16.5. The number of furan rings is 2. The molecule has 2 saturated heterocycles. The topological polar surface area (TPSA) is 165 Å². The Bertz CT molecular complexity index is 995. The van der Waals surface area contributed by atoms with Gasteiger partial charge in [-0.3, -0.25) is 49.2 Å². The van der Waals surface area contributed by atoms with Crippen LogP contribution in [0.15, 0.2) is 28.7 Å². The number of benzene rings is 1. The normalized spacial score (nSPS) is 21.2. The average Bonchev–Trinajstić information content (AvgIpc) is 3.42. The number of hydrogen-bond donors (Lipinski definition) is 2. The first kappa shape index (κ1) is 25.8. The fourth-order valence-corrected chi connectivity index (χ4v) is 3.63. The summed E-state index contributed by atoms with van der Waals surface area (Å²) in [5.41, 5.74) is 1.94. The van der Waals surface area contributed by atoms with Gasteiger partial charge in [-0.2, -0.15) is 0 Å². The molecule has 2 aliphatic heterocycles. The summed E-state index contributed by atoms with van der Waals surface area (Å²) in [5, 5.41) is 4.35. The Hall–Kier alpha value is -3.84. The minimum atomic E-state index is -0.872. The Labute approximate surface area is 200 Å². The van der Waals surface area contributed by atoms with Crippen LogP contribution in [-0.4, -0.2) is 96.8 Å². The van der Waals surface area contributed by atoms with E-state index < -0.39 is 47.7 Å². The molecule has 2 bridgehead atoms. The first-order valence-corrected chi connectivity index (χ1v) is 10.8. The second-order valence-corrected chi connectivity index (χ2v) is 7.98. The Morgan fingerprint density at radius 2 is 1.17 bits per heavy atom. The van der Waals surface area contributed by atoms with Crippen molar-refractivity contribution in [3.63, 3.8) is 0 Å². The number of rotatable bonds is 7. The zero-order chi connectivity index (χ0) is 25.5. The summed E-state index contributed by atoms with van der Waals surface area (Å²) < 4.78 is 14.9. The molecule has 2 aliphatic rings. The van der Waals surface area contributed by atoms with E-state index in [1.165, 1.54) is 23.6 Å². The summed E-state index contributed by atoms with van der Waals surface area (Å²) in [6.07, 6.45) is 0. The molecule has 2 N–H and O–H groups in total. The van der Waals surface area contributed by atoms with Crippen molar-refractivity contribution in [3.8, 4) is 0 Å². The van der Waals surface area contributed by atoms with Crippen LogP contribution >= 0.6 is 0 Å². The van der Waals surface area contributed by atoms with Crippen LogP contribution in [0.1, 0.15) is 13.8 Å². The summed E-state index contributed by atoms with van der Waals surface area (Å²) >= 11 is 0. The largest absolute Gasteiger partial charge is 0.464 e. The van der Waals surface area contributed by atoms with E-state index in [4.69, 9.17) is 13.9 Å². The molecule has 2 fully saturated rings. The summed E-state index contributed by atoms with van der Waals surface area (Å²) in [5.74, 6) is -3.34. The zero-order valence-corrected chi connectivity index (χ0v) is 19.3. The van der Waals surface area contributed by atoms with E-state index in [1.807, 2.05) is 24.3 Å². The van der Waals surface area contributed by atoms with Crippen LogP contribution in [0.2, 0.25) is 0 Å². The highest BCUT2D eigenvalue weighted by molar-refractivity contribution is 6.02. The van der Waals surface area contributed by atoms with Crippen molar-refractivity contribution in [2.45, 2.75) is 25.9 Å². The molecule has 13 heteroatoms. The minimum Gasteiger partial charge on any atom is -0.464 e. The van der Waals surface area contributed by atoms with Crippen LogP contribution in [-0.2, 0) is 38.2 Å². The molecule has 2 atom stereocenters. The van der Waals surface area contributed by atoms with Crippen molar-refractivity contribution in [1.29, 1.82) is 0 Å². The van der Waals surface area contributed by atoms with Gasteiger partial charge in [-0.25, -0.2) is 0 Å². The molecule has 2 aromatic rings. The van der Waals surface area contributed by atoms with Crippen molar-refractivity contribution < 1.29 is 42.7 Å². The SMILES string of the molecule is CC(=O)OCC1C(=O)NC(=O)CN1CCN1CC(=O)NC(=O)C1COC(C)=O.c1cc2ccc1o2. The Morgan fingerprint density at radius 3 is 1.46 bits per heavy atom. The van der Waals surface area contributed by atoms with Gasteiger partial charge in [0.15, 0.2) is 0 Å². The molecule has 4 heterocycles. The van der Waals surface area contributed by atoms with Gasteiger partial charge in [-0.15, -0.1) is 0 Å². The van der Waals surface area contributed by atoms with Crippen LogP contribution in [0.4, 0.5) is 0 Å². The smallest absolute Gasteiger partial charge is 0.302 e. The molecule has 0 aliphatic carbocycles. The van der Waals surface area contributed by atoms with Crippen molar-refractivity contribution in [1.82, 2.24) is 20.4 Å². The van der Waals surface area contributed by atoms with Gasteiger partial charge < -0.3 is 13.9 Å². The lowest BCUT2D eigenvalue weighted by molar-refractivity contribution is -0.152. The average molecular weight is 490 g/mol. The summed E-state index contributed by atoms with van der Waals surface area (Å²) in [6, 6.07) is 6.07. The quantitative estimate of drug-likeness (QED) is 0.348. The molecule has 4 rings (SSSR count). The number of imide groups is 2. The molecule has 2 unspecified atom stereocenters. The van der Waals surface area contributed by atoms with E-state index in [-0.39, 0.29) is 39.4 Å². The highest BCUT2D eigenvalue weighted by Crippen LogP contribution is 2.14.